The number of nitrogens with zero attached hydrogens (tertiary/aromatic N) is 4. The lowest BCUT2D eigenvalue weighted by Gasteiger charge is -2.28. The van der Waals surface area contributed by atoms with Gasteiger partial charge in [-0.3, -0.25) is 9.69 Å². The van der Waals surface area contributed by atoms with Crippen LogP contribution in [0.15, 0.2) is 70.2 Å². The Morgan fingerprint density at radius 3 is 2.64 bits per heavy atom. The summed E-state index contributed by atoms with van der Waals surface area (Å²) in [6, 6.07) is 18.4. The Labute approximate surface area is 199 Å². The number of hydrogen-bond acceptors (Lipinski definition) is 7. The van der Waals surface area contributed by atoms with Crippen molar-refractivity contribution >= 4 is 35.0 Å². The number of amides is 1. The molecule has 3 heterocycles. The zero-order chi connectivity index (χ0) is 22.9. The molecule has 1 aliphatic rings. The Morgan fingerprint density at radius 1 is 1.09 bits per heavy atom. The first-order chi connectivity index (χ1) is 16.0. The fourth-order valence-corrected chi connectivity index (χ4v) is 4.31. The van der Waals surface area contributed by atoms with E-state index in [-0.39, 0.29) is 5.91 Å². The quantitative estimate of drug-likeness (QED) is 0.332. The van der Waals surface area contributed by atoms with Crippen LogP contribution in [-0.4, -0.2) is 26.8 Å². The molecule has 0 N–H and O–H groups in total. The van der Waals surface area contributed by atoms with Crippen molar-refractivity contribution in [3.63, 3.8) is 0 Å². The number of anilines is 1. The van der Waals surface area contributed by atoms with Gasteiger partial charge in [-0.15, -0.1) is 10.2 Å². The van der Waals surface area contributed by atoms with Gasteiger partial charge in [0, 0.05) is 23.1 Å². The number of carbonyl (C=O) groups excluding carboxylic acids is 1. The van der Waals surface area contributed by atoms with Crippen LogP contribution in [0.2, 0.25) is 5.02 Å². The molecule has 5 rings (SSSR count). The largest absolute Gasteiger partial charge is 0.455 e. The standard InChI is InChI=1S/C24H19ClN4O3S/c1-3-33-24-26-22-21(27-28-24)17-6-4-5-7-18(17)29(14(2)30)23(32-22)20-13-12-19(31-20)15-8-10-16(25)11-9-15/h4-13,23H,3H2,1-2H3. The van der Waals surface area contributed by atoms with E-state index in [1.54, 1.807) is 23.1 Å². The number of aromatic nitrogens is 3. The third-order valence-corrected chi connectivity index (χ3v) is 6.10. The number of benzene rings is 2. The number of ether oxygens (including phenoxy) is 1. The molecule has 9 heteroatoms. The van der Waals surface area contributed by atoms with E-state index in [0.717, 1.165) is 11.3 Å². The molecule has 0 aliphatic carbocycles. The summed E-state index contributed by atoms with van der Waals surface area (Å²) in [5, 5.41) is 9.75. The van der Waals surface area contributed by atoms with Gasteiger partial charge in [-0.25, -0.2) is 0 Å². The molecule has 2 aromatic carbocycles. The lowest BCUT2D eigenvalue weighted by molar-refractivity contribution is -0.118. The van der Waals surface area contributed by atoms with E-state index in [2.05, 4.69) is 15.2 Å². The first-order valence-electron chi connectivity index (χ1n) is 10.3. The summed E-state index contributed by atoms with van der Waals surface area (Å²) in [6.45, 7) is 3.50. The van der Waals surface area contributed by atoms with Gasteiger partial charge in [-0.2, -0.15) is 4.98 Å². The third-order valence-electron chi connectivity index (χ3n) is 5.12. The van der Waals surface area contributed by atoms with E-state index in [4.69, 9.17) is 20.8 Å². The summed E-state index contributed by atoms with van der Waals surface area (Å²) >= 11 is 7.48. The molecular weight excluding hydrogens is 460 g/mol. The summed E-state index contributed by atoms with van der Waals surface area (Å²) in [6.07, 6.45) is -0.873. The minimum Gasteiger partial charge on any atom is -0.455 e. The van der Waals surface area contributed by atoms with Crippen LogP contribution in [0.1, 0.15) is 25.8 Å². The molecule has 0 saturated carbocycles. The number of rotatable bonds is 4. The fraction of sp³-hybridized carbons (Fsp3) is 0.167. The van der Waals surface area contributed by atoms with E-state index >= 15 is 0 Å². The van der Waals surface area contributed by atoms with E-state index in [1.807, 2.05) is 49.4 Å². The molecule has 0 bridgehead atoms. The molecular formula is C24H19ClN4O3S. The van der Waals surface area contributed by atoms with Crippen LogP contribution in [0, 0.1) is 0 Å². The minimum atomic E-state index is -0.873. The number of fused-ring (bicyclic) bond motifs is 3. The predicted octanol–water partition coefficient (Wildman–Crippen LogP) is 6.01. The molecule has 0 radical (unpaired) electrons. The number of furan rings is 1. The Bertz CT molecular complexity index is 1330. The second-order valence-electron chi connectivity index (χ2n) is 7.27. The Morgan fingerprint density at radius 2 is 1.88 bits per heavy atom. The highest BCUT2D eigenvalue weighted by Crippen LogP contribution is 2.44. The Balaban J connectivity index is 1.64. The zero-order valence-electron chi connectivity index (χ0n) is 17.9. The first-order valence-corrected chi connectivity index (χ1v) is 11.7. The molecule has 166 valence electrons. The van der Waals surface area contributed by atoms with Crippen molar-refractivity contribution in [3.8, 4) is 28.5 Å². The maximum atomic E-state index is 12.9. The van der Waals surface area contributed by atoms with Crippen molar-refractivity contribution in [2.24, 2.45) is 0 Å². The van der Waals surface area contributed by atoms with Gasteiger partial charge in [-0.05, 0) is 48.2 Å². The minimum absolute atomic E-state index is 0.208. The predicted molar refractivity (Wildman–Crippen MR) is 127 cm³/mol. The first kappa shape index (κ1) is 21.5. The molecule has 0 fully saturated rings. The van der Waals surface area contributed by atoms with Crippen molar-refractivity contribution in [2.75, 3.05) is 10.7 Å². The normalized spacial score (nSPS) is 14.8. The fourth-order valence-electron chi connectivity index (χ4n) is 3.68. The van der Waals surface area contributed by atoms with Crippen molar-refractivity contribution in [2.45, 2.75) is 25.2 Å². The number of hydrogen-bond donors (Lipinski definition) is 0. The van der Waals surface area contributed by atoms with Gasteiger partial charge in [0.25, 0.3) is 0 Å². The SMILES string of the molecule is CCSc1nnc2c(n1)OC(c1ccc(-c3ccc(Cl)cc3)o1)N(C(C)=O)c1ccccc1-2. The van der Waals surface area contributed by atoms with E-state index in [0.29, 0.717) is 44.5 Å². The van der Waals surface area contributed by atoms with Gasteiger partial charge in [-0.1, -0.05) is 48.5 Å². The maximum absolute atomic E-state index is 12.9. The van der Waals surface area contributed by atoms with Crippen LogP contribution in [0.25, 0.3) is 22.6 Å². The van der Waals surface area contributed by atoms with Gasteiger partial charge in [0.1, 0.15) is 5.76 Å². The van der Waals surface area contributed by atoms with Gasteiger partial charge in [0.2, 0.25) is 23.2 Å². The summed E-state index contributed by atoms with van der Waals surface area (Å²) in [4.78, 5) is 19.0. The van der Waals surface area contributed by atoms with Crippen LogP contribution in [0.3, 0.4) is 0 Å². The molecule has 1 amide bonds. The molecule has 1 aliphatic heterocycles. The van der Waals surface area contributed by atoms with Gasteiger partial charge >= 0.3 is 0 Å². The monoisotopic (exact) mass is 478 g/mol. The van der Waals surface area contributed by atoms with E-state index < -0.39 is 6.23 Å². The lowest BCUT2D eigenvalue weighted by atomic mass is 10.1. The van der Waals surface area contributed by atoms with Gasteiger partial charge < -0.3 is 9.15 Å². The molecule has 7 nitrogen and oxygen atoms in total. The van der Waals surface area contributed by atoms with Crippen molar-refractivity contribution < 1.29 is 13.9 Å². The number of carbonyl (C=O) groups is 1. The summed E-state index contributed by atoms with van der Waals surface area (Å²) in [5.41, 5.74) is 2.69. The van der Waals surface area contributed by atoms with Gasteiger partial charge in [0.15, 0.2) is 11.5 Å². The van der Waals surface area contributed by atoms with Crippen LogP contribution in [0.4, 0.5) is 5.69 Å². The topological polar surface area (TPSA) is 81.3 Å². The number of thioether (sulfide) groups is 1. The van der Waals surface area contributed by atoms with Crippen LogP contribution >= 0.6 is 23.4 Å². The molecule has 33 heavy (non-hydrogen) atoms. The highest BCUT2D eigenvalue weighted by molar-refractivity contribution is 7.99. The van der Waals surface area contributed by atoms with E-state index in [9.17, 15) is 4.79 Å². The van der Waals surface area contributed by atoms with Crippen molar-refractivity contribution in [3.05, 3.63) is 71.4 Å². The van der Waals surface area contributed by atoms with Crippen molar-refractivity contribution in [1.82, 2.24) is 15.2 Å². The number of para-hydroxylation sites is 1. The molecule has 0 spiro atoms. The zero-order valence-corrected chi connectivity index (χ0v) is 19.4. The second-order valence-corrected chi connectivity index (χ2v) is 8.93. The highest BCUT2D eigenvalue weighted by atomic mass is 35.5. The van der Waals surface area contributed by atoms with E-state index in [1.165, 1.54) is 18.7 Å². The Hall–Kier alpha value is -3.36. The van der Waals surface area contributed by atoms with Gasteiger partial charge in [0.05, 0.1) is 5.69 Å². The molecule has 2 aromatic heterocycles. The lowest BCUT2D eigenvalue weighted by Crippen LogP contribution is -2.35. The molecule has 4 aromatic rings. The number of halogens is 1. The van der Waals surface area contributed by atoms with Crippen LogP contribution < -0.4 is 9.64 Å². The molecule has 1 unspecified atom stereocenters. The Kier molecular flexibility index (Phi) is 5.78. The summed E-state index contributed by atoms with van der Waals surface area (Å²) in [7, 11) is 0. The average molecular weight is 479 g/mol. The van der Waals surface area contributed by atoms with Crippen molar-refractivity contribution in [1.29, 1.82) is 0 Å². The highest BCUT2D eigenvalue weighted by Gasteiger charge is 2.36. The summed E-state index contributed by atoms with van der Waals surface area (Å²) < 4.78 is 12.5. The summed E-state index contributed by atoms with van der Waals surface area (Å²) in [5.74, 6) is 1.98. The maximum Gasteiger partial charge on any atom is 0.247 e. The van der Waals surface area contributed by atoms with Crippen LogP contribution in [0.5, 0.6) is 5.88 Å². The molecule has 1 atom stereocenters. The third kappa shape index (κ3) is 4.07. The smallest absolute Gasteiger partial charge is 0.247 e. The second kappa shape index (κ2) is 8.88. The molecule has 0 saturated heterocycles. The van der Waals surface area contributed by atoms with Crippen LogP contribution in [-0.2, 0) is 4.79 Å². The average Bonchev–Trinajstić information content (AvgIpc) is 3.24.